The number of rotatable bonds is 4. The molecule has 3 aromatic heterocycles. The Labute approximate surface area is 185 Å². The van der Waals surface area contributed by atoms with Crippen molar-refractivity contribution in [2.24, 2.45) is 16.5 Å². The molecule has 0 spiro atoms. The van der Waals surface area contributed by atoms with Crippen LogP contribution in [0.15, 0.2) is 66.0 Å². The molecule has 32 heavy (non-hydrogen) atoms. The van der Waals surface area contributed by atoms with Crippen LogP contribution in [0, 0.1) is 25.7 Å². The van der Waals surface area contributed by atoms with Crippen molar-refractivity contribution in [3.05, 3.63) is 94.7 Å². The molecule has 0 saturated carbocycles. The zero-order valence-electron chi connectivity index (χ0n) is 17.8. The summed E-state index contributed by atoms with van der Waals surface area (Å²) in [5.74, 6) is 6.28. The van der Waals surface area contributed by atoms with Gasteiger partial charge in [0.25, 0.3) is 0 Å². The maximum atomic E-state index is 12.8. The van der Waals surface area contributed by atoms with E-state index >= 15 is 0 Å². The zero-order chi connectivity index (χ0) is 22.7. The number of carbonyl (C=O) groups is 1. The quantitative estimate of drug-likeness (QED) is 0.227. The van der Waals surface area contributed by atoms with Crippen LogP contribution in [-0.2, 0) is 6.42 Å². The minimum Gasteiger partial charge on any atom is -0.370 e. The molecule has 0 aliphatic rings. The summed E-state index contributed by atoms with van der Waals surface area (Å²) in [7, 11) is 0. The van der Waals surface area contributed by atoms with Crippen LogP contribution in [-0.4, -0.2) is 26.1 Å². The number of carbonyl (C=O) groups excluding carboxylic acids is 1. The second-order valence-corrected chi connectivity index (χ2v) is 7.47. The topological polar surface area (TPSA) is 112 Å². The molecule has 1 aromatic carbocycles. The first-order chi connectivity index (χ1) is 15.4. The predicted octanol–water partition coefficient (Wildman–Crippen LogP) is 3.08. The van der Waals surface area contributed by atoms with Crippen molar-refractivity contribution in [2.45, 2.75) is 20.3 Å². The number of aromatic nitrogens is 3. The number of aryl methyl sites for hydroxylation is 2. The Bertz CT molecular complexity index is 1420. The minimum atomic E-state index is -0.0355. The average molecular weight is 422 g/mol. The lowest BCUT2D eigenvalue weighted by Gasteiger charge is -2.05. The second kappa shape index (κ2) is 8.74. The molecule has 0 saturated heterocycles. The van der Waals surface area contributed by atoms with Crippen LogP contribution in [0.5, 0.6) is 0 Å². The number of imidazole rings is 1. The summed E-state index contributed by atoms with van der Waals surface area (Å²) in [4.78, 5) is 25.6. The first kappa shape index (κ1) is 20.8. The largest absolute Gasteiger partial charge is 0.370 e. The Morgan fingerprint density at radius 3 is 2.72 bits per heavy atom. The molecule has 0 amide bonds. The highest BCUT2D eigenvalue weighted by molar-refractivity contribution is 5.97. The van der Waals surface area contributed by atoms with Gasteiger partial charge in [-0.15, -0.1) is 0 Å². The fourth-order valence-corrected chi connectivity index (χ4v) is 3.34. The van der Waals surface area contributed by atoms with E-state index in [1.54, 1.807) is 18.5 Å². The lowest BCUT2D eigenvalue weighted by Crippen LogP contribution is -2.21. The van der Waals surface area contributed by atoms with E-state index in [1.807, 2.05) is 60.8 Å². The number of ketones is 1. The third-order valence-corrected chi connectivity index (χ3v) is 4.96. The van der Waals surface area contributed by atoms with Gasteiger partial charge in [-0.05, 0) is 61.2 Å². The molecule has 0 fully saturated rings. The summed E-state index contributed by atoms with van der Waals surface area (Å²) >= 11 is 0. The van der Waals surface area contributed by atoms with Crippen LogP contribution in [0.1, 0.15) is 38.4 Å². The Hall–Kier alpha value is -4.44. The van der Waals surface area contributed by atoms with Crippen molar-refractivity contribution < 1.29 is 4.79 Å². The molecule has 0 unspecified atom stereocenters. The number of aliphatic imine (C=N–C) groups is 1. The SMILES string of the molecule is Cc1ccnc(CC(=O)c2ccc(C)c(C#Cc3cnc4c(N=C(N)N)cccn34)c2)c1. The number of hydrogen-bond donors (Lipinski definition) is 2. The fourth-order valence-electron chi connectivity index (χ4n) is 3.34. The molecule has 0 radical (unpaired) electrons. The molecule has 3 heterocycles. The van der Waals surface area contributed by atoms with Crippen LogP contribution < -0.4 is 11.5 Å². The highest BCUT2D eigenvalue weighted by Gasteiger charge is 2.10. The van der Waals surface area contributed by atoms with Crippen molar-refractivity contribution in [2.75, 3.05) is 0 Å². The van der Waals surface area contributed by atoms with E-state index in [4.69, 9.17) is 11.5 Å². The molecule has 7 heteroatoms. The molecule has 0 aliphatic heterocycles. The summed E-state index contributed by atoms with van der Waals surface area (Å²) in [6.07, 6.45) is 5.48. The van der Waals surface area contributed by atoms with E-state index in [0.717, 1.165) is 22.4 Å². The lowest BCUT2D eigenvalue weighted by atomic mass is 10.00. The maximum absolute atomic E-state index is 12.8. The number of Topliss-reactive ketones (excluding diaryl/α,β-unsaturated/α-hetero) is 1. The van der Waals surface area contributed by atoms with Gasteiger partial charge in [-0.25, -0.2) is 9.98 Å². The van der Waals surface area contributed by atoms with Crippen molar-refractivity contribution in [3.63, 3.8) is 0 Å². The second-order valence-electron chi connectivity index (χ2n) is 7.47. The summed E-state index contributed by atoms with van der Waals surface area (Å²) in [6.45, 7) is 3.95. The van der Waals surface area contributed by atoms with Crippen molar-refractivity contribution in [1.29, 1.82) is 0 Å². The standard InChI is InChI=1S/C25H22N6O/c1-16-9-10-28-20(12-16)14-23(32)19-6-5-17(2)18(13-19)7-8-21-15-29-24-22(30-25(26)27)4-3-11-31(21)24/h3-6,9-13,15H,14H2,1-2H3,(H4,26,27,30). The van der Waals surface area contributed by atoms with E-state index < -0.39 is 0 Å². The van der Waals surface area contributed by atoms with Gasteiger partial charge in [0.2, 0.25) is 0 Å². The smallest absolute Gasteiger partial charge is 0.191 e. The molecule has 158 valence electrons. The van der Waals surface area contributed by atoms with Gasteiger partial charge in [-0.2, -0.15) is 0 Å². The van der Waals surface area contributed by atoms with Gasteiger partial charge in [-0.1, -0.05) is 18.1 Å². The number of nitrogens with zero attached hydrogens (tertiary/aromatic N) is 4. The van der Waals surface area contributed by atoms with Crippen LogP contribution in [0.4, 0.5) is 5.69 Å². The highest BCUT2D eigenvalue weighted by Crippen LogP contribution is 2.20. The summed E-state index contributed by atoms with van der Waals surface area (Å²) in [6, 6.07) is 13.0. The first-order valence-corrected chi connectivity index (χ1v) is 10.0. The summed E-state index contributed by atoms with van der Waals surface area (Å²) < 4.78 is 1.82. The number of fused-ring (bicyclic) bond motifs is 1. The first-order valence-electron chi connectivity index (χ1n) is 10.0. The third-order valence-electron chi connectivity index (χ3n) is 4.96. The van der Waals surface area contributed by atoms with Gasteiger partial charge in [0.1, 0.15) is 11.4 Å². The van der Waals surface area contributed by atoms with Gasteiger partial charge < -0.3 is 11.5 Å². The molecule has 0 bridgehead atoms. The lowest BCUT2D eigenvalue weighted by molar-refractivity contribution is 0.0992. The van der Waals surface area contributed by atoms with Gasteiger partial charge in [0.15, 0.2) is 17.4 Å². The van der Waals surface area contributed by atoms with Crippen molar-refractivity contribution >= 4 is 23.1 Å². The van der Waals surface area contributed by atoms with Crippen LogP contribution in [0.25, 0.3) is 5.65 Å². The molecule has 7 nitrogen and oxygen atoms in total. The van der Waals surface area contributed by atoms with E-state index in [0.29, 0.717) is 22.6 Å². The van der Waals surface area contributed by atoms with Gasteiger partial charge in [0.05, 0.1) is 12.6 Å². The predicted molar refractivity (Wildman–Crippen MR) is 125 cm³/mol. The third kappa shape index (κ3) is 4.50. The Morgan fingerprint density at radius 2 is 1.94 bits per heavy atom. The van der Waals surface area contributed by atoms with Crippen LogP contribution in [0.3, 0.4) is 0 Å². The van der Waals surface area contributed by atoms with E-state index in [9.17, 15) is 4.79 Å². The zero-order valence-corrected chi connectivity index (χ0v) is 17.8. The van der Waals surface area contributed by atoms with Crippen LogP contribution in [0.2, 0.25) is 0 Å². The molecule has 4 N–H and O–H groups in total. The van der Waals surface area contributed by atoms with E-state index in [-0.39, 0.29) is 18.2 Å². The Kier molecular flexibility index (Phi) is 5.69. The number of nitrogens with two attached hydrogens (primary N) is 2. The minimum absolute atomic E-state index is 0.00262. The summed E-state index contributed by atoms with van der Waals surface area (Å²) in [5, 5.41) is 0. The van der Waals surface area contributed by atoms with Crippen LogP contribution >= 0.6 is 0 Å². The fraction of sp³-hybridized carbons (Fsp3) is 0.120. The normalized spacial score (nSPS) is 10.4. The molecular formula is C25H22N6O. The molecule has 4 rings (SSSR count). The number of pyridine rings is 2. The Balaban J connectivity index is 1.64. The van der Waals surface area contributed by atoms with Gasteiger partial charge in [-0.3, -0.25) is 14.2 Å². The van der Waals surface area contributed by atoms with Gasteiger partial charge in [0, 0.05) is 29.2 Å². The van der Waals surface area contributed by atoms with E-state index in [2.05, 4.69) is 26.8 Å². The molecule has 4 aromatic rings. The maximum Gasteiger partial charge on any atom is 0.191 e. The number of hydrogen-bond acceptors (Lipinski definition) is 4. The van der Waals surface area contributed by atoms with Gasteiger partial charge >= 0.3 is 0 Å². The van der Waals surface area contributed by atoms with Crippen molar-refractivity contribution in [1.82, 2.24) is 14.4 Å². The molecule has 0 atom stereocenters. The van der Waals surface area contributed by atoms with E-state index in [1.165, 1.54) is 0 Å². The summed E-state index contributed by atoms with van der Waals surface area (Å²) in [5.41, 5.74) is 17.1. The highest BCUT2D eigenvalue weighted by atomic mass is 16.1. The number of guanidine groups is 1. The van der Waals surface area contributed by atoms with Crippen molar-refractivity contribution in [3.8, 4) is 11.8 Å². The molecular weight excluding hydrogens is 400 g/mol. The monoisotopic (exact) mass is 422 g/mol. The Morgan fingerprint density at radius 1 is 1.09 bits per heavy atom. The average Bonchev–Trinajstić information content (AvgIpc) is 3.17. The molecule has 0 aliphatic carbocycles. The number of benzene rings is 1.